The molecule has 0 spiro atoms. The Morgan fingerprint density at radius 3 is 2.85 bits per heavy atom. The molecule has 0 saturated heterocycles. The summed E-state index contributed by atoms with van der Waals surface area (Å²) in [6.45, 7) is 2.96. The zero-order chi connectivity index (χ0) is 14.5. The van der Waals surface area contributed by atoms with Gasteiger partial charge in [0.2, 0.25) is 0 Å². The van der Waals surface area contributed by atoms with Crippen molar-refractivity contribution < 1.29 is 4.39 Å². The summed E-state index contributed by atoms with van der Waals surface area (Å²) in [5.74, 6) is -0.261. The molecule has 1 aromatic carbocycles. The maximum atomic E-state index is 13.9. The van der Waals surface area contributed by atoms with E-state index < -0.39 is 0 Å². The Kier molecular flexibility index (Phi) is 5.15. The lowest BCUT2D eigenvalue weighted by atomic mass is 10.0. The normalized spacial score (nSPS) is 12.6. The Morgan fingerprint density at radius 1 is 1.45 bits per heavy atom. The van der Waals surface area contributed by atoms with Gasteiger partial charge >= 0.3 is 0 Å². The third-order valence-electron chi connectivity index (χ3n) is 3.32. The monoisotopic (exact) mass is 295 g/mol. The summed E-state index contributed by atoms with van der Waals surface area (Å²) in [4.78, 5) is 4.13. The van der Waals surface area contributed by atoms with Gasteiger partial charge in [-0.25, -0.2) is 9.37 Å². The smallest absolute Gasteiger partial charge is 0.127 e. The van der Waals surface area contributed by atoms with Crippen LogP contribution in [0.15, 0.2) is 30.7 Å². The molecular weight excluding hydrogens is 277 g/mol. The minimum atomic E-state index is -0.261. The fourth-order valence-corrected chi connectivity index (χ4v) is 2.47. The molecule has 0 radical (unpaired) electrons. The first kappa shape index (κ1) is 15.0. The Labute approximate surface area is 123 Å². The number of imidazole rings is 1. The highest BCUT2D eigenvalue weighted by Gasteiger charge is 2.18. The minimum absolute atomic E-state index is 0.00292. The van der Waals surface area contributed by atoms with E-state index in [9.17, 15) is 4.39 Å². The summed E-state index contributed by atoms with van der Waals surface area (Å²) in [6, 6.07) is 4.79. The molecule has 108 valence electrons. The number of aromatic nitrogens is 2. The molecule has 0 fully saturated rings. The number of hydrogen-bond acceptors (Lipinski definition) is 2. The van der Waals surface area contributed by atoms with Gasteiger partial charge in [0.25, 0.3) is 0 Å². The topological polar surface area (TPSA) is 29.9 Å². The van der Waals surface area contributed by atoms with Gasteiger partial charge in [0.1, 0.15) is 5.82 Å². The predicted octanol–water partition coefficient (Wildman–Crippen LogP) is 3.50. The third-order valence-corrected chi connectivity index (χ3v) is 3.68. The highest BCUT2D eigenvalue weighted by Crippen LogP contribution is 2.25. The molecule has 0 aliphatic rings. The van der Waals surface area contributed by atoms with Crippen molar-refractivity contribution in [3.05, 3.63) is 52.8 Å². The number of hydrogen-bond donors (Lipinski definition) is 1. The van der Waals surface area contributed by atoms with Gasteiger partial charge in [-0.1, -0.05) is 24.6 Å². The highest BCUT2D eigenvalue weighted by molar-refractivity contribution is 6.31. The molecule has 0 amide bonds. The van der Waals surface area contributed by atoms with Gasteiger partial charge < -0.3 is 9.88 Å². The lowest BCUT2D eigenvalue weighted by molar-refractivity contribution is 0.492. The van der Waals surface area contributed by atoms with Crippen LogP contribution in [0.4, 0.5) is 4.39 Å². The minimum Gasteiger partial charge on any atom is -0.336 e. The van der Waals surface area contributed by atoms with Crippen molar-refractivity contribution in [2.24, 2.45) is 7.05 Å². The number of benzene rings is 1. The highest BCUT2D eigenvalue weighted by atomic mass is 35.5. The van der Waals surface area contributed by atoms with Crippen LogP contribution in [0.3, 0.4) is 0 Å². The molecule has 2 rings (SSSR count). The molecule has 2 aromatic rings. The third kappa shape index (κ3) is 3.38. The van der Waals surface area contributed by atoms with Gasteiger partial charge in [0.15, 0.2) is 0 Å². The van der Waals surface area contributed by atoms with Gasteiger partial charge in [-0.3, -0.25) is 0 Å². The number of rotatable bonds is 6. The second-order valence-corrected chi connectivity index (χ2v) is 5.25. The molecule has 5 heteroatoms. The molecule has 1 unspecified atom stereocenters. The van der Waals surface area contributed by atoms with Crippen LogP contribution in [0.2, 0.25) is 5.02 Å². The van der Waals surface area contributed by atoms with Crippen LogP contribution < -0.4 is 5.32 Å². The van der Waals surface area contributed by atoms with Crippen LogP contribution in [0.25, 0.3) is 0 Å². The van der Waals surface area contributed by atoms with Crippen LogP contribution in [-0.4, -0.2) is 16.1 Å². The first-order valence-corrected chi connectivity index (χ1v) is 7.13. The van der Waals surface area contributed by atoms with E-state index in [1.165, 1.54) is 6.07 Å². The second-order valence-electron chi connectivity index (χ2n) is 4.84. The molecule has 1 atom stereocenters. The lowest BCUT2D eigenvalue weighted by Crippen LogP contribution is -2.26. The van der Waals surface area contributed by atoms with E-state index in [2.05, 4.69) is 17.2 Å². The van der Waals surface area contributed by atoms with Crippen molar-refractivity contribution in [1.82, 2.24) is 14.9 Å². The number of nitrogens with one attached hydrogen (secondary N) is 1. The SMILES string of the molecule is CCCNC(Cc1c(F)cccc1Cl)c1cncn1C. The molecule has 0 aliphatic carbocycles. The van der Waals surface area contributed by atoms with Crippen molar-refractivity contribution in [2.45, 2.75) is 25.8 Å². The average molecular weight is 296 g/mol. The van der Waals surface area contributed by atoms with Gasteiger partial charge in [-0.05, 0) is 31.5 Å². The van der Waals surface area contributed by atoms with Gasteiger partial charge in [0.05, 0.1) is 18.1 Å². The average Bonchev–Trinajstić information content (AvgIpc) is 2.84. The van der Waals surface area contributed by atoms with Crippen molar-refractivity contribution >= 4 is 11.6 Å². The quantitative estimate of drug-likeness (QED) is 0.884. The summed E-state index contributed by atoms with van der Waals surface area (Å²) in [5.41, 5.74) is 1.57. The zero-order valence-corrected chi connectivity index (χ0v) is 12.5. The first-order valence-electron chi connectivity index (χ1n) is 6.76. The van der Waals surface area contributed by atoms with Crippen molar-refractivity contribution in [2.75, 3.05) is 6.54 Å². The molecule has 0 saturated carbocycles. The van der Waals surface area contributed by atoms with E-state index in [-0.39, 0.29) is 11.9 Å². The fraction of sp³-hybridized carbons (Fsp3) is 0.400. The number of nitrogens with zero attached hydrogens (tertiary/aromatic N) is 2. The molecule has 0 bridgehead atoms. The van der Waals surface area contributed by atoms with Crippen LogP contribution in [0.5, 0.6) is 0 Å². The molecular formula is C15H19ClFN3. The van der Waals surface area contributed by atoms with Gasteiger partial charge in [-0.15, -0.1) is 0 Å². The lowest BCUT2D eigenvalue weighted by Gasteiger charge is -2.20. The van der Waals surface area contributed by atoms with E-state index >= 15 is 0 Å². The standard InChI is InChI=1S/C15H19ClFN3/c1-3-7-19-14(15-9-18-10-20(15)2)8-11-12(16)5-4-6-13(11)17/h4-6,9-10,14,19H,3,7-8H2,1-2H3. The number of halogens is 2. The Bertz CT molecular complexity index is 548. The zero-order valence-electron chi connectivity index (χ0n) is 11.7. The maximum Gasteiger partial charge on any atom is 0.127 e. The van der Waals surface area contributed by atoms with Gasteiger partial charge in [-0.2, -0.15) is 0 Å². The molecule has 1 aromatic heterocycles. The molecule has 1 N–H and O–H groups in total. The summed E-state index contributed by atoms with van der Waals surface area (Å²) in [5, 5.41) is 3.90. The fourth-order valence-electron chi connectivity index (χ4n) is 2.23. The summed E-state index contributed by atoms with van der Waals surface area (Å²) in [6.07, 6.45) is 5.07. The second kappa shape index (κ2) is 6.86. The molecule has 1 heterocycles. The summed E-state index contributed by atoms with van der Waals surface area (Å²) < 4.78 is 15.9. The summed E-state index contributed by atoms with van der Waals surface area (Å²) in [7, 11) is 1.94. The van der Waals surface area contributed by atoms with E-state index in [0.29, 0.717) is 17.0 Å². The van der Waals surface area contributed by atoms with Crippen molar-refractivity contribution in [1.29, 1.82) is 0 Å². The Morgan fingerprint density at radius 2 is 2.25 bits per heavy atom. The van der Waals surface area contributed by atoms with Crippen molar-refractivity contribution in [3.8, 4) is 0 Å². The largest absolute Gasteiger partial charge is 0.336 e. The first-order chi connectivity index (χ1) is 9.63. The Hall–Kier alpha value is -1.39. The van der Waals surface area contributed by atoms with E-state index in [0.717, 1.165) is 18.7 Å². The van der Waals surface area contributed by atoms with Crippen LogP contribution in [-0.2, 0) is 13.5 Å². The van der Waals surface area contributed by atoms with E-state index in [4.69, 9.17) is 11.6 Å². The van der Waals surface area contributed by atoms with Gasteiger partial charge in [0, 0.05) is 23.8 Å². The van der Waals surface area contributed by atoms with Crippen molar-refractivity contribution in [3.63, 3.8) is 0 Å². The predicted molar refractivity (Wildman–Crippen MR) is 79.4 cm³/mol. The number of aryl methyl sites for hydroxylation is 1. The van der Waals surface area contributed by atoms with Crippen LogP contribution in [0, 0.1) is 5.82 Å². The maximum absolute atomic E-state index is 13.9. The molecule has 0 aliphatic heterocycles. The van der Waals surface area contributed by atoms with E-state index in [1.807, 2.05) is 17.8 Å². The summed E-state index contributed by atoms with van der Waals surface area (Å²) >= 11 is 6.12. The Balaban J connectivity index is 2.26. The molecule has 3 nitrogen and oxygen atoms in total. The van der Waals surface area contributed by atoms with Crippen LogP contribution in [0.1, 0.15) is 30.6 Å². The molecule has 20 heavy (non-hydrogen) atoms. The van der Waals surface area contributed by atoms with Crippen LogP contribution >= 0.6 is 11.6 Å². The van der Waals surface area contributed by atoms with E-state index in [1.54, 1.807) is 18.5 Å².